The van der Waals surface area contributed by atoms with Crippen molar-refractivity contribution in [2.24, 2.45) is 0 Å². The zero-order chi connectivity index (χ0) is 13.1. The van der Waals surface area contributed by atoms with E-state index >= 15 is 0 Å². The van der Waals surface area contributed by atoms with Gasteiger partial charge in [0, 0.05) is 19.2 Å². The van der Waals surface area contributed by atoms with Crippen LogP contribution < -0.4 is 5.32 Å². The van der Waals surface area contributed by atoms with Crippen molar-refractivity contribution in [2.75, 3.05) is 34.4 Å². The molecule has 0 radical (unpaired) electrons. The zero-order valence-corrected chi connectivity index (χ0v) is 11.4. The van der Waals surface area contributed by atoms with Crippen LogP contribution in [0.15, 0.2) is 0 Å². The van der Waals surface area contributed by atoms with Crippen molar-refractivity contribution in [3.8, 4) is 0 Å². The summed E-state index contributed by atoms with van der Waals surface area (Å²) in [5.41, 5.74) is -0.675. The highest BCUT2D eigenvalue weighted by Crippen LogP contribution is 2.20. The van der Waals surface area contributed by atoms with Crippen LogP contribution in [0.4, 0.5) is 0 Å². The number of rotatable bonds is 5. The fraction of sp³-hybridized carbons (Fsp3) is 0.917. The number of ether oxygens (including phenoxy) is 2. The molecule has 1 N–H and O–H groups in total. The number of esters is 1. The lowest BCUT2D eigenvalue weighted by Crippen LogP contribution is -2.57. The maximum absolute atomic E-state index is 11.8. The Morgan fingerprint density at radius 1 is 1.65 bits per heavy atom. The van der Waals surface area contributed by atoms with Crippen LogP contribution in [0, 0.1) is 0 Å². The summed E-state index contributed by atoms with van der Waals surface area (Å²) in [7, 11) is 5.22. The van der Waals surface area contributed by atoms with Gasteiger partial charge in [-0.05, 0) is 34.4 Å². The molecule has 0 aromatic carbocycles. The summed E-state index contributed by atoms with van der Waals surface area (Å²) in [6, 6.07) is 0.368. The molecular weight excluding hydrogens is 220 g/mol. The molecule has 0 amide bonds. The van der Waals surface area contributed by atoms with Crippen molar-refractivity contribution in [1.82, 2.24) is 10.2 Å². The Balaban J connectivity index is 2.64. The average molecular weight is 244 g/mol. The van der Waals surface area contributed by atoms with E-state index in [0.29, 0.717) is 12.6 Å². The molecule has 0 saturated carbocycles. The van der Waals surface area contributed by atoms with Crippen molar-refractivity contribution in [3.63, 3.8) is 0 Å². The Morgan fingerprint density at radius 2 is 2.29 bits per heavy atom. The van der Waals surface area contributed by atoms with E-state index in [1.807, 2.05) is 14.0 Å². The van der Waals surface area contributed by atoms with E-state index < -0.39 is 5.54 Å². The minimum atomic E-state index is -0.675. The van der Waals surface area contributed by atoms with Gasteiger partial charge in [-0.25, -0.2) is 0 Å². The first-order chi connectivity index (χ1) is 7.94. The Kier molecular flexibility index (Phi) is 4.91. The number of nitrogens with one attached hydrogen (secondary N) is 1. The van der Waals surface area contributed by atoms with Crippen LogP contribution in [0.5, 0.6) is 0 Å². The second-order valence-electron chi connectivity index (χ2n) is 4.92. The Bertz CT molecular complexity index is 272. The molecule has 5 heteroatoms. The van der Waals surface area contributed by atoms with Gasteiger partial charge in [0.25, 0.3) is 0 Å². The molecule has 0 spiro atoms. The van der Waals surface area contributed by atoms with E-state index in [4.69, 9.17) is 9.47 Å². The van der Waals surface area contributed by atoms with Crippen molar-refractivity contribution < 1.29 is 14.3 Å². The second-order valence-corrected chi connectivity index (χ2v) is 4.92. The third-order valence-corrected chi connectivity index (χ3v) is 3.66. The van der Waals surface area contributed by atoms with Gasteiger partial charge >= 0.3 is 5.97 Å². The second kappa shape index (κ2) is 5.80. The Morgan fingerprint density at radius 3 is 2.71 bits per heavy atom. The molecule has 1 rings (SSSR count). The number of hydrogen-bond acceptors (Lipinski definition) is 5. The first-order valence-corrected chi connectivity index (χ1v) is 6.03. The molecule has 3 unspecified atom stereocenters. The Hall–Kier alpha value is -0.650. The summed E-state index contributed by atoms with van der Waals surface area (Å²) >= 11 is 0. The maximum atomic E-state index is 11.8. The number of nitrogens with zero attached hydrogens (tertiary/aromatic N) is 1. The first-order valence-electron chi connectivity index (χ1n) is 6.03. The first kappa shape index (κ1) is 14.4. The Labute approximate surface area is 103 Å². The fourth-order valence-corrected chi connectivity index (χ4v) is 2.39. The van der Waals surface area contributed by atoms with Gasteiger partial charge in [0.15, 0.2) is 0 Å². The molecule has 1 heterocycles. The number of methoxy groups -OCH3 is 1. The predicted octanol–water partition coefficient (Wildman–Crippen LogP) is 0.247. The highest BCUT2D eigenvalue weighted by Gasteiger charge is 2.37. The molecular formula is C12H24N2O3. The minimum Gasteiger partial charge on any atom is -0.468 e. The van der Waals surface area contributed by atoms with E-state index in [-0.39, 0.29) is 12.1 Å². The normalized spacial score (nSPS) is 28.1. The van der Waals surface area contributed by atoms with Gasteiger partial charge in [0.2, 0.25) is 0 Å². The lowest BCUT2D eigenvalue weighted by atomic mass is 10.00. The molecule has 1 aliphatic rings. The quantitative estimate of drug-likeness (QED) is 0.702. The third kappa shape index (κ3) is 3.18. The van der Waals surface area contributed by atoms with Gasteiger partial charge < -0.3 is 14.8 Å². The lowest BCUT2D eigenvalue weighted by Gasteiger charge is -2.35. The largest absolute Gasteiger partial charge is 0.468 e. The van der Waals surface area contributed by atoms with Gasteiger partial charge in [0.1, 0.15) is 5.54 Å². The topological polar surface area (TPSA) is 50.8 Å². The molecule has 0 bridgehead atoms. The predicted molar refractivity (Wildman–Crippen MR) is 65.9 cm³/mol. The maximum Gasteiger partial charge on any atom is 0.327 e. The van der Waals surface area contributed by atoms with E-state index in [2.05, 4.69) is 17.1 Å². The lowest BCUT2D eigenvalue weighted by molar-refractivity contribution is -0.148. The van der Waals surface area contributed by atoms with Crippen LogP contribution in [-0.4, -0.2) is 62.9 Å². The van der Waals surface area contributed by atoms with Gasteiger partial charge in [-0.2, -0.15) is 0 Å². The number of carbonyl (C=O) groups excluding carboxylic acids is 1. The van der Waals surface area contributed by atoms with E-state index in [9.17, 15) is 4.79 Å². The van der Waals surface area contributed by atoms with Crippen LogP contribution in [0.3, 0.4) is 0 Å². The SMILES string of the molecule is CNC(C)(CN(C)C1CCOC1C)C(=O)OC. The van der Waals surface area contributed by atoms with E-state index in [1.165, 1.54) is 7.11 Å². The smallest absolute Gasteiger partial charge is 0.327 e. The van der Waals surface area contributed by atoms with Gasteiger partial charge in [-0.1, -0.05) is 0 Å². The third-order valence-electron chi connectivity index (χ3n) is 3.66. The van der Waals surface area contributed by atoms with Gasteiger partial charge in [-0.3, -0.25) is 9.69 Å². The molecule has 100 valence electrons. The number of likely N-dealkylation sites (N-methyl/N-ethyl adjacent to an activating group) is 2. The van der Waals surface area contributed by atoms with Crippen molar-refractivity contribution >= 4 is 5.97 Å². The molecule has 3 atom stereocenters. The van der Waals surface area contributed by atoms with Gasteiger partial charge in [0.05, 0.1) is 13.2 Å². The summed E-state index contributed by atoms with van der Waals surface area (Å²) in [5, 5.41) is 3.04. The molecule has 17 heavy (non-hydrogen) atoms. The van der Waals surface area contributed by atoms with Crippen molar-refractivity contribution in [3.05, 3.63) is 0 Å². The summed E-state index contributed by atoms with van der Waals surface area (Å²) < 4.78 is 10.4. The van der Waals surface area contributed by atoms with Crippen LogP contribution in [0.2, 0.25) is 0 Å². The minimum absolute atomic E-state index is 0.221. The van der Waals surface area contributed by atoms with Crippen LogP contribution in [0.1, 0.15) is 20.3 Å². The standard InChI is InChI=1S/C12H24N2O3/c1-9-10(6-7-17-9)14(4)8-12(2,13-3)11(15)16-5/h9-10,13H,6-8H2,1-5H3. The molecule has 0 aromatic rings. The monoisotopic (exact) mass is 244 g/mol. The fourth-order valence-electron chi connectivity index (χ4n) is 2.39. The summed E-state index contributed by atoms with van der Waals surface area (Å²) in [6.07, 6.45) is 1.23. The highest BCUT2D eigenvalue weighted by molar-refractivity contribution is 5.80. The van der Waals surface area contributed by atoms with Crippen LogP contribution in [-0.2, 0) is 14.3 Å². The summed E-state index contributed by atoms with van der Waals surface area (Å²) in [4.78, 5) is 13.9. The molecule has 1 saturated heterocycles. The highest BCUT2D eigenvalue weighted by atomic mass is 16.5. The van der Waals surface area contributed by atoms with Crippen molar-refractivity contribution in [2.45, 2.75) is 38.0 Å². The van der Waals surface area contributed by atoms with Crippen molar-refractivity contribution in [1.29, 1.82) is 0 Å². The van der Waals surface area contributed by atoms with Gasteiger partial charge in [-0.15, -0.1) is 0 Å². The number of hydrogen-bond donors (Lipinski definition) is 1. The summed E-state index contributed by atoms with van der Waals surface area (Å²) in [6.45, 7) is 5.33. The average Bonchev–Trinajstić information content (AvgIpc) is 2.74. The number of carbonyl (C=O) groups is 1. The van der Waals surface area contributed by atoms with E-state index in [1.54, 1.807) is 7.05 Å². The molecule has 0 aromatic heterocycles. The zero-order valence-electron chi connectivity index (χ0n) is 11.4. The van der Waals surface area contributed by atoms with Crippen LogP contribution >= 0.6 is 0 Å². The summed E-state index contributed by atoms with van der Waals surface area (Å²) in [5.74, 6) is -0.238. The molecule has 1 aliphatic heterocycles. The van der Waals surface area contributed by atoms with Crippen LogP contribution in [0.25, 0.3) is 0 Å². The molecule has 0 aliphatic carbocycles. The van der Waals surface area contributed by atoms with E-state index in [0.717, 1.165) is 13.0 Å². The molecule has 1 fully saturated rings. The molecule has 5 nitrogen and oxygen atoms in total.